The molecule has 2 aromatic carbocycles. The molecule has 1 amide bonds. The third kappa shape index (κ3) is 3.81. The van der Waals surface area contributed by atoms with Gasteiger partial charge in [0, 0.05) is 17.5 Å². The molecule has 0 saturated carbocycles. The van der Waals surface area contributed by atoms with Gasteiger partial charge in [-0.25, -0.2) is 4.79 Å². The van der Waals surface area contributed by atoms with E-state index in [1.165, 1.54) is 0 Å². The van der Waals surface area contributed by atoms with Crippen molar-refractivity contribution in [3.05, 3.63) is 64.5 Å². The van der Waals surface area contributed by atoms with Crippen LogP contribution in [0.2, 0.25) is 0 Å². The molecule has 0 aliphatic rings. The molecule has 132 valence electrons. The number of rotatable bonds is 3. The number of nitrogens with one attached hydrogen (secondary N) is 2. The number of aryl methyl sites for hydroxylation is 1. The van der Waals surface area contributed by atoms with Gasteiger partial charge in [0.25, 0.3) is 0 Å². The van der Waals surface area contributed by atoms with Gasteiger partial charge in [0.05, 0.1) is 5.56 Å². The third-order valence-corrected chi connectivity index (χ3v) is 4.22. The predicted octanol–water partition coefficient (Wildman–Crippen LogP) is 3.99. The van der Waals surface area contributed by atoms with E-state index in [-0.39, 0.29) is 11.0 Å². The highest BCUT2D eigenvalue weighted by Gasteiger charge is 2.11. The molecule has 0 aliphatic carbocycles. The number of benzene rings is 2. The second-order valence-corrected chi connectivity index (χ2v) is 6.28. The molecule has 3 aromatic rings. The highest BCUT2D eigenvalue weighted by Crippen LogP contribution is 2.25. The lowest BCUT2D eigenvalue weighted by molar-refractivity contribution is -0.119. The fraction of sp³-hybridized carbons (Fsp3) is 0.150. The summed E-state index contributed by atoms with van der Waals surface area (Å²) in [6.07, 6.45) is 0.346. The molecule has 2 N–H and O–H groups in total. The Bertz CT molecular complexity index is 1060. The van der Waals surface area contributed by atoms with Gasteiger partial charge in [-0.1, -0.05) is 37.3 Å². The van der Waals surface area contributed by atoms with Crippen molar-refractivity contribution in [1.29, 1.82) is 0 Å². The summed E-state index contributed by atoms with van der Waals surface area (Å²) >= 11 is 5.16. The second-order valence-electron chi connectivity index (χ2n) is 5.87. The minimum atomic E-state index is -0.402. The van der Waals surface area contributed by atoms with Crippen LogP contribution in [0.5, 0.6) is 0 Å². The van der Waals surface area contributed by atoms with Crippen LogP contribution in [0.15, 0.2) is 57.7 Å². The molecular formula is C20H18N2O3S. The van der Waals surface area contributed by atoms with E-state index in [4.69, 9.17) is 16.6 Å². The molecule has 26 heavy (non-hydrogen) atoms. The van der Waals surface area contributed by atoms with E-state index in [0.717, 1.165) is 16.6 Å². The number of para-hydroxylation sites is 1. The van der Waals surface area contributed by atoms with Gasteiger partial charge < -0.3 is 15.1 Å². The summed E-state index contributed by atoms with van der Waals surface area (Å²) in [5, 5.41) is 6.68. The molecule has 1 aromatic heterocycles. The SMILES string of the molecule is CCC(=O)NC(=S)Nc1cc(-c2cc3ccccc3oc2=O)ccc1C. The largest absolute Gasteiger partial charge is 0.422 e. The Hall–Kier alpha value is -2.99. The number of anilines is 1. The zero-order valence-corrected chi connectivity index (χ0v) is 15.3. The minimum Gasteiger partial charge on any atom is -0.422 e. The number of hydrogen-bond donors (Lipinski definition) is 2. The van der Waals surface area contributed by atoms with Crippen molar-refractivity contribution in [3.63, 3.8) is 0 Å². The smallest absolute Gasteiger partial charge is 0.344 e. The van der Waals surface area contributed by atoms with Crippen LogP contribution in [0.1, 0.15) is 18.9 Å². The van der Waals surface area contributed by atoms with Gasteiger partial charge in [-0.3, -0.25) is 4.79 Å². The average molecular weight is 366 g/mol. The summed E-state index contributed by atoms with van der Waals surface area (Å²) < 4.78 is 5.41. The Morgan fingerprint density at radius 1 is 1.15 bits per heavy atom. The zero-order chi connectivity index (χ0) is 18.7. The maximum atomic E-state index is 12.4. The number of carbonyl (C=O) groups is 1. The molecular weight excluding hydrogens is 348 g/mol. The van der Waals surface area contributed by atoms with Crippen molar-refractivity contribution < 1.29 is 9.21 Å². The van der Waals surface area contributed by atoms with Gasteiger partial charge in [-0.2, -0.15) is 0 Å². The molecule has 0 bridgehead atoms. The summed E-state index contributed by atoms with van der Waals surface area (Å²) in [6, 6.07) is 14.7. The maximum Gasteiger partial charge on any atom is 0.344 e. The zero-order valence-electron chi connectivity index (χ0n) is 14.5. The van der Waals surface area contributed by atoms with Crippen molar-refractivity contribution in [1.82, 2.24) is 5.32 Å². The quantitative estimate of drug-likeness (QED) is 0.542. The van der Waals surface area contributed by atoms with Gasteiger partial charge in [0.2, 0.25) is 5.91 Å². The molecule has 0 spiro atoms. The molecule has 5 nitrogen and oxygen atoms in total. The molecule has 6 heteroatoms. The minimum absolute atomic E-state index is 0.161. The van der Waals surface area contributed by atoms with Gasteiger partial charge in [-0.15, -0.1) is 0 Å². The number of amides is 1. The van der Waals surface area contributed by atoms with E-state index in [0.29, 0.717) is 23.1 Å². The van der Waals surface area contributed by atoms with Crippen LogP contribution < -0.4 is 16.3 Å². The fourth-order valence-corrected chi connectivity index (χ4v) is 2.78. The molecule has 1 heterocycles. The van der Waals surface area contributed by atoms with Crippen LogP contribution in [0.4, 0.5) is 5.69 Å². The Kier molecular flexibility index (Phi) is 5.14. The van der Waals surface area contributed by atoms with E-state index in [2.05, 4.69) is 10.6 Å². The highest BCUT2D eigenvalue weighted by atomic mass is 32.1. The fourth-order valence-electron chi connectivity index (χ4n) is 2.56. The summed E-state index contributed by atoms with van der Waals surface area (Å²) in [5.74, 6) is -0.161. The van der Waals surface area contributed by atoms with Crippen LogP contribution >= 0.6 is 12.2 Å². The summed E-state index contributed by atoms with van der Waals surface area (Å²) in [6.45, 7) is 3.67. The topological polar surface area (TPSA) is 71.3 Å². The van der Waals surface area contributed by atoms with E-state index >= 15 is 0 Å². The number of hydrogen-bond acceptors (Lipinski definition) is 4. The molecule has 0 radical (unpaired) electrons. The van der Waals surface area contributed by atoms with E-state index in [1.54, 1.807) is 13.0 Å². The number of carbonyl (C=O) groups excluding carboxylic acids is 1. The first-order valence-corrected chi connectivity index (χ1v) is 8.63. The molecule has 0 atom stereocenters. The summed E-state index contributed by atoms with van der Waals surface area (Å²) in [4.78, 5) is 23.8. The van der Waals surface area contributed by atoms with Crippen molar-refractivity contribution in [2.45, 2.75) is 20.3 Å². The monoisotopic (exact) mass is 366 g/mol. The summed E-state index contributed by atoms with van der Waals surface area (Å²) in [5.41, 5.74) is 2.98. The van der Waals surface area contributed by atoms with Crippen LogP contribution in [0, 0.1) is 6.92 Å². The van der Waals surface area contributed by atoms with E-state index in [9.17, 15) is 9.59 Å². The Morgan fingerprint density at radius 2 is 1.92 bits per heavy atom. The Morgan fingerprint density at radius 3 is 2.69 bits per heavy atom. The average Bonchev–Trinajstić information content (AvgIpc) is 2.63. The van der Waals surface area contributed by atoms with Crippen LogP contribution in [0.3, 0.4) is 0 Å². The number of thiocarbonyl (C=S) groups is 1. The van der Waals surface area contributed by atoms with Crippen molar-refractivity contribution in [3.8, 4) is 11.1 Å². The van der Waals surface area contributed by atoms with Gasteiger partial charge >= 0.3 is 5.63 Å². The first-order valence-electron chi connectivity index (χ1n) is 8.22. The summed E-state index contributed by atoms with van der Waals surface area (Å²) in [7, 11) is 0. The van der Waals surface area contributed by atoms with Crippen LogP contribution in [0.25, 0.3) is 22.1 Å². The lowest BCUT2D eigenvalue weighted by Gasteiger charge is -2.13. The normalized spacial score (nSPS) is 10.5. The van der Waals surface area contributed by atoms with Crippen molar-refractivity contribution in [2.24, 2.45) is 0 Å². The third-order valence-electron chi connectivity index (χ3n) is 4.01. The molecule has 0 saturated heterocycles. The van der Waals surface area contributed by atoms with Gasteiger partial charge in [-0.05, 0) is 48.5 Å². The Labute approximate surface area is 156 Å². The van der Waals surface area contributed by atoms with Crippen LogP contribution in [-0.2, 0) is 4.79 Å². The number of fused-ring (bicyclic) bond motifs is 1. The second kappa shape index (κ2) is 7.49. The predicted molar refractivity (Wildman–Crippen MR) is 107 cm³/mol. The molecule has 0 unspecified atom stereocenters. The molecule has 0 aliphatic heterocycles. The molecule has 3 rings (SSSR count). The van der Waals surface area contributed by atoms with E-state index < -0.39 is 5.63 Å². The molecule has 0 fully saturated rings. The lowest BCUT2D eigenvalue weighted by atomic mass is 10.0. The van der Waals surface area contributed by atoms with E-state index in [1.807, 2.05) is 49.4 Å². The maximum absolute atomic E-state index is 12.4. The first-order chi connectivity index (χ1) is 12.5. The van der Waals surface area contributed by atoms with Crippen LogP contribution in [-0.4, -0.2) is 11.0 Å². The standard InChI is InChI=1S/C20H18N2O3S/c1-3-18(23)22-20(26)21-16-11-13(9-8-12(16)2)15-10-14-6-4-5-7-17(14)25-19(15)24/h4-11H,3H2,1-2H3,(H2,21,22,23,26). The van der Waals surface area contributed by atoms with Gasteiger partial charge in [0.15, 0.2) is 5.11 Å². The van der Waals surface area contributed by atoms with Crippen molar-refractivity contribution >= 4 is 39.9 Å². The first kappa shape index (κ1) is 17.8. The van der Waals surface area contributed by atoms with Crippen molar-refractivity contribution in [2.75, 3.05) is 5.32 Å². The Balaban J connectivity index is 1.97. The van der Waals surface area contributed by atoms with Gasteiger partial charge in [0.1, 0.15) is 5.58 Å². The lowest BCUT2D eigenvalue weighted by Crippen LogP contribution is -2.33. The highest BCUT2D eigenvalue weighted by molar-refractivity contribution is 7.80.